The van der Waals surface area contributed by atoms with Gasteiger partial charge in [0.25, 0.3) is 11.4 Å². The third kappa shape index (κ3) is 5.31. The van der Waals surface area contributed by atoms with Crippen LogP contribution >= 0.6 is 0 Å². The molecule has 1 saturated heterocycles. The molecule has 0 saturated carbocycles. The van der Waals surface area contributed by atoms with Gasteiger partial charge in [-0.25, -0.2) is 13.6 Å². The Balaban J connectivity index is 1.57. The first kappa shape index (κ1) is 27.0. The number of hydrogen-bond acceptors (Lipinski definition) is 8. The molecule has 3 heterocycles. The summed E-state index contributed by atoms with van der Waals surface area (Å²) in [5.41, 5.74) is -0.231. The van der Waals surface area contributed by atoms with Crippen molar-refractivity contribution in [1.82, 2.24) is 24.2 Å². The maximum atomic E-state index is 13.8. The Morgan fingerprint density at radius 2 is 1.77 bits per heavy atom. The molecule has 1 amide bonds. The van der Waals surface area contributed by atoms with Crippen LogP contribution < -0.4 is 20.7 Å². The number of amides is 1. The highest BCUT2D eigenvalue weighted by molar-refractivity contribution is 5.80. The molecular formula is C27H27F2N5O6. The van der Waals surface area contributed by atoms with E-state index in [1.165, 1.54) is 22.8 Å². The summed E-state index contributed by atoms with van der Waals surface area (Å²) in [4.78, 5) is 44.6. The van der Waals surface area contributed by atoms with E-state index in [-0.39, 0.29) is 35.4 Å². The minimum absolute atomic E-state index is 0.0961. The molecule has 13 heteroatoms. The minimum atomic E-state index is -1.31. The number of hydrogen-bond donors (Lipinski definition) is 0. The van der Waals surface area contributed by atoms with E-state index in [1.807, 2.05) is 0 Å². The van der Waals surface area contributed by atoms with E-state index in [4.69, 9.17) is 14.0 Å². The van der Waals surface area contributed by atoms with E-state index < -0.39 is 30.7 Å². The molecule has 1 fully saturated rings. The van der Waals surface area contributed by atoms with Crippen molar-refractivity contribution in [3.63, 3.8) is 0 Å². The van der Waals surface area contributed by atoms with E-state index >= 15 is 0 Å². The Kier molecular flexibility index (Phi) is 7.89. The highest BCUT2D eigenvalue weighted by Gasteiger charge is 2.25. The minimum Gasteiger partial charge on any atom is -0.497 e. The van der Waals surface area contributed by atoms with Crippen molar-refractivity contribution in [2.45, 2.75) is 31.5 Å². The van der Waals surface area contributed by atoms with Crippen molar-refractivity contribution in [2.75, 3.05) is 33.5 Å². The lowest BCUT2D eigenvalue weighted by atomic mass is 10.0. The zero-order valence-corrected chi connectivity index (χ0v) is 21.7. The second kappa shape index (κ2) is 11.7. The van der Waals surface area contributed by atoms with Gasteiger partial charge in [-0.2, -0.15) is 4.98 Å². The first-order valence-corrected chi connectivity index (χ1v) is 12.7. The number of carbonyl (C=O) groups is 1. The van der Waals surface area contributed by atoms with Crippen LogP contribution in [0.1, 0.15) is 24.7 Å². The van der Waals surface area contributed by atoms with Crippen molar-refractivity contribution in [1.29, 1.82) is 0 Å². The lowest BCUT2D eigenvalue weighted by Crippen LogP contribution is -2.44. The van der Waals surface area contributed by atoms with Crippen LogP contribution in [0.2, 0.25) is 0 Å². The molecule has 0 spiro atoms. The van der Waals surface area contributed by atoms with Gasteiger partial charge in [0.05, 0.1) is 24.6 Å². The van der Waals surface area contributed by atoms with Crippen molar-refractivity contribution < 1.29 is 27.6 Å². The molecule has 11 nitrogen and oxygen atoms in total. The van der Waals surface area contributed by atoms with Crippen LogP contribution in [0.25, 0.3) is 22.4 Å². The molecule has 0 radical (unpaired) electrons. The number of rotatable bonds is 10. The number of alkyl halides is 2. The normalized spacial score (nSPS) is 14.2. The zero-order chi connectivity index (χ0) is 28.2. The molecule has 2 aromatic heterocycles. The maximum absolute atomic E-state index is 13.8. The van der Waals surface area contributed by atoms with Crippen molar-refractivity contribution >= 4 is 17.3 Å². The number of ether oxygens (including phenoxy) is 2. The number of aromatic nitrogens is 4. The van der Waals surface area contributed by atoms with Gasteiger partial charge in [-0.15, -0.1) is 0 Å². The molecule has 0 aliphatic carbocycles. The van der Waals surface area contributed by atoms with Crippen LogP contribution in [-0.2, 0) is 11.3 Å². The average Bonchev–Trinajstić information content (AvgIpc) is 3.47. The van der Waals surface area contributed by atoms with Gasteiger partial charge in [0, 0.05) is 24.7 Å². The summed E-state index contributed by atoms with van der Waals surface area (Å²) < 4.78 is 44.6. The van der Waals surface area contributed by atoms with Gasteiger partial charge < -0.3 is 18.9 Å². The van der Waals surface area contributed by atoms with E-state index in [0.29, 0.717) is 42.8 Å². The summed E-state index contributed by atoms with van der Waals surface area (Å²) in [5, 5.41) is 4.09. The van der Waals surface area contributed by atoms with Gasteiger partial charge in [-0.3, -0.25) is 18.7 Å². The van der Waals surface area contributed by atoms with E-state index in [9.17, 15) is 23.2 Å². The predicted molar refractivity (Wildman–Crippen MR) is 140 cm³/mol. The summed E-state index contributed by atoms with van der Waals surface area (Å²) in [6.45, 7) is -1.45. The van der Waals surface area contributed by atoms with Crippen LogP contribution in [0.5, 0.6) is 11.5 Å². The lowest BCUT2D eigenvalue weighted by molar-refractivity contribution is -0.119. The number of benzene rings is 2. The molecule has 0 unspecified atom stereocenters. The number of likely N-dealkylation sites (tertiary alicyclic amines) is 1. The molecule has 2 aromatic carbocycles. The first-order valence-electron chi connectivity index (χ1n) is 12.7. The zero-order valence-electron chi connectivity index (χ0n) is 21.7. The first-order chi connectivity index (χ1) is 19.4. The van der Waals surface area contributed by atoms with Crippen molar-refractivity contribution in [3.8, 4) is 23.0 Å². The highest BCUT2D eigenvalue weighted by atomic mass is 19.1. The lowest BCUT2D eigenvalue weighted by Gasteiger charge is -2.31. The topological polar surface area (TPSA) is 122 Å². The molecule has 1 aliphatic heterocycles. The second-order valence-corrected chi connectivity index (χ2v) is 9.39. The van der Waals surface area contributed by atoms with Gasteiger partial charge >= 0.3 is 5.69 Å². The molecule has 1 aliphatic rings. The Hall–Kier alpha value is -4.55. The Bertz CT molecular complexity index is 1600. The Morgan fingerprint density at radius 3 is 2.42 bits per heavy atom. The van der Waals surface area contributed by atoms with E-state index in [0.717, 1.165) is 11.0 Å². The van der Waals surface area contributed by atoms with Crippen LogP contribution in [-0.4, -0.2) is 70.2 Å². The number of methoxy groups -OCH3 is 1. The third-order valence-corrected chi connectivity index (χ3v) is 6.90. The second-order valence-electron chi connectivity index (χ2n) is 9.39. The third-order valence-electron chi connectivity index (χ3n) is 6.90. The SMILES string of the molecule is COc1ccc(-c2nc(Cn3c(=O)c4cc(OC(CF)CF)ccc4n(C4CCN(C=O)CC4)c3=O)no2)cc1. The van der Waals surface area contributed by atoms with Crippen molar-refractivity contribution in [2.24, 2.45) is 0 Å². The summed E-state index contributed by atoms with van der Waals surface area (Å²) in [5.74, 6) is 1.05. The summed E-state index contributed by atoms with van der Waals surface area (Å²) in [6.07, 6.45) is 0.457. The summed E-state index contributed by atoms with van der Waals surface area (Å²) in [6, 6.07) is 11.0. The Labute approximate surface area is 226 Å². The van der Waals surface area contributed by atoms with Crippen LogP contribution in [0.4, 0.5) is 8.78 Å². The molecule has 40 heavy (non-hydrogen) atoms. The van der Waals surface area contributed by atoms with Crippen LogP contribution in [0, 0.1) is 0 Å². The number of nitrogens with zero attached hydrogens (tertiary/aromatic N) is 5. The molecule has 4 aromatic rings. The van der Waals surface area contributed by atoms with E-state index in [2.05, 4.69) is 10.1 Å². The van der Waals surface area contributed by atoms with Gasteiger partial charge in [-0.05, 0) is 55.3 Å². The van der Waals surface area contributed by atoms with Gasteiger partial charge in [0.2, 0.25) is 6.41 Å². The number of carbonyl (C=O) groups excluding carboxylic acids is 1. The fourth-order valence-electron chi connectivity index (χ4n) is 4.78. The smallest absolute Gasteiger partial charge is 0.332 e. The number of fused-ring (bicyclic) bond motifs is 1. The van der Waals surface area contributed by atoms with Crippen LogP contribution in [0.15, 0.2) is 56.6 Å². The largest absolute Gasteiger partial charge is 0.497 e. The fraction of sp³-hybridized carbons (Fsp3) is 0.370. The van der Waals surface area contributed by atoms with Crippen LogP contribution in [0.3, 0.4) is 0 Å². The predicted octanol–water partition coefficient (Wildman–Crippen LogP) is 2.75. The highest BCUT2D eigenvalue weighted by Crippen LogP contribution is 2.26. The average molecular weight is 556 g/mol. The van der Waals surface area contributed by atoms with Gasteiger partial charge in [0.15, 0.2) is 11.9 Å². The number of piperidine rings is 1. The quantitative estimate of drug-likeness (QED) is 0.274. The molecular weight excluding hydrogens is 528 g/mol. The van der Waals surface area contributed by atoms with E-state index in [1.54, 1.807) is 36.3 Å². The molecule has 210 valence electrons. The standard InChI is InChI=1S/C27H27F2N5O6/c1-38-19-4-2-17(3-5-19)25-30-24(31-40-25)15-33-26(36)22-12-20(39-21(13-28)14-29)6-7-23(22)34(27(33)37)18-8-10-32(16-35)11-9-18/h2-7,12,16,18,21H,8-11,13-15H2,1H3. The molecule has 5 rings (SSSR count). The molecule has 0 bridgehead atoms. The summed E-state index contributed by atoms with van der Waals surface area (Å²) >= 11 is 0. The monoisotopic (exact) mass is 555 g/mol. The summed E-state index contributed by atoms with van der Waals surface area (Å²) in [7, 11) is 1.55. The van der Waals surface area contributed by atoms with Gasteiger partial charge in [0.1, 0.15) is 24.8 Å². The van der Waals surface area contributed by atoms with Crippen molar-refractivity contribution in [3.05, 3.63) is 69.1 Å². The maximum Gasteiger partial charge on any atom is 0.332 e. The Morgan fingerprint density at radius 1 is 1.07 bits per heavy atom. The number of halogens is 2. The fourth-order valence-corrected chi connectivity index (χ4v) is 4.78. The molecule has 0 N–H and O–H groups in total. The van der Waals surface area contributed by atoms with Gasteiger partial charge in [-0.1, -0.05) is 5.16 Å². The molecule has 0 atom stereocenters.